The lowest BCUT2D eigenvalue weighted by Gasteiger charge is -2.16. The summed E-state index contributed by atoms with van der Waals surface area (Å²) in [5.41, 5.74) is 1.55. The van der Waals surface area contributed by atoms with Crippen LogP contribution in [0.3, 0.4) is 0 Å². The quantitative estimate of drug-likeness (QED) is 0.802. The lowest BCUT2D eigenvalue weighted by molar-refractivity contribution is -0.137. The van der Waals surface area contributed by atoms with Gasteiger partial charge in [-0.1, -0.05) is 6.08 Å². The second kappa shape index (κ2) is 5.70. The van der Waals surface area contributed by atoms with Crippen molar-refractivity contribution in [2.45, 2.75) is 13.8 Å². The highest BCUT2D eigenvalue weighted by atomic mass is 16.4. The van der Waals surface area contributed by atoms with E-state index in [-0.39, 0.29) is 12.4 Å². The molecule has 2 aromatic rings. The maximum Gasteiger partial charge on any atom is 0.323 e. The number of nitrogens with zero attached hydrogens (tertiary/aromatic N) is 5. The first-order valence-corrected chi connectivity index (χ1v) is 6.25. The van der Waals surface area contributed by atoms with E-state index >= 15 is 0 Å². The lowest BCUT2D eigenvalue weighted by atomic mass is 10.4. The Hall–Kier alpha value is -2.77. The third kappa shape index (κ3) is 3.04. The molecule has 0 atom stereocenters. The highest BCUT2D eigenvalue weighted by molar-refractivity contribution is 5.93. The standard InChI is InChI=1S/C13H15N5O3/c1-4-5-17(7-10(19)20)12(21)11-15-13-14-8(2)6-9(3)18(13)16-11/h4,6H,1,5,7H2,2-3H3,(H,19,20). The van der Waals surface area contributed by atoms with Crippen molar-refractivity contribution in [3.63, 3.8) is 0 Å². The summed E-state index contributed by atoms with van der Waals surface area (Å²) in [6.07, 6.45) is 1.45. The molecule has 0 aliphatic rings. The maximum atomic E-state index is 12.3. The van der Waals surface area contributed by atoms with Crippen molar-refractivity contribution >= 4 is 17.7 Å². The molecule has 0 aromatic carbocycles. The van der Waals surface area contributed by atoms with Crippen LogP contribution in [0, 0.1) is 13.8 Å². The van der Waals surface area contributed by atoms with Gasteiger partial charge in [0.2, 0.25) is 5.82 Å². The molecular weight excluding hydrogens is 274 g/mol. The van der Waals surface area contributed by atoms with Crippen LogP contribution in [0.1, 0.15) is 22.0 Å². The zero-order valence-corrected chi connectivity index (χ0v) is 11.8. The van der Waals surface area contributed by atoms with Crippen LogP contribution in [0.5, 0.6) is 0 Å². The van der Waals surface area contributed by atoms with Crippen LogP contribution in [-0.2, 0) is 4.79 Å². The minimum absolute atomic E-state index is 0.0840. The van der Waals surface area contributed by atoms with E-state index in [0.29, 0.717) is 5.78 Å². The van der Waals surface area contributed by atoms with Crippen LogP contribution >= 0.6 is 0 Å². The van der Waals surface area contributed by atoms with Crippen LogP contribution in [0.15, 0.2) is 18.7 Å². The largest absolute Gasteiger partial charge is 0.480 e. The van der Waals surface area contributed by atoms with E-state index in [1.54, 1.807) is 0 Å². The van der Waals surface area contributed by atoms with Crippen molar-refractivity contribution in [3.05, 3.63) is 35.9 Å². The Kier molecular flexibility index (Phi) is 3.97. The molecule has 8 nitrogen and oxygen atoms in total. The number of amides is 1. The van der Waals surface area contributed by atoms with Crippen molar-refractivity contribution in [1.29, 1.82) is 0 Å². The zero-order valence-electron chi connectivity index (χ0n) is 11.8. The second-order valence-electron chi connectivity index (χ2n) is 4.55. The number of hydrogen-bond acceptors (Lipinski definition) is 5. The molecule has 0 spiro atoms. The Morgan fingerprint density at radius 2 is 2.14 bits per heavy atom. The summed E-state index contributed by atoms with van der Waals surface area (Å²) in [6, 6.07) is 1.81. The molecule has 110 valence electrons. The van der Waals surface area contributed by atoms with Crippen LogP contribution in [0.25, 0.3) is 5.78 Å². The van der Waals surface area contributed by atoms with Gasteiger partial charge in [0.05, 0.1) is 0 Å². The van der Waals surface area contributed by atoms with Crippen LogP contribution in [-0.4, -0.2) is 54.6 Å². The average Bonchev–Trinajstić information content (AvgIpc) is 2.81. The van der Waals surface area contributed by atoms with Gasteiger partial charge in [-0.2, -0.15) is 4.98 Å². The highest BCUT2D eigenvalue weighted by Gasteiger charge is 2.22. The predicted octanol–water partition coefficient (Wildman–Crippen LogP) is 0.454. The van der Waals surface area contributed by atoms with E-state index in [1.807, 2.05) is 19.9 Å². The van der Waals surface area contributed by atoms with E-state index in [2.05, 4.69) is 21.6 Å². The molecule has 0 fully saturated rings. The molecule has 21 heavy (non-hydrogen) atoms. The molecule has 1 N–H and O–H groups in total. The number of carboxylic acid groups (broad SMARTS) is 1. The Balaban J connectivity index is 2.39. The van der Waals surface area contributed by atoms with Crippen LogP contribution in [0.2, 0.25) is 0 Å². The molecule has 0 saturated carbocycles. The van der Waals surface area contributed by atoms with Crippen molar-refractivity contribution in [3.8, 4) is 0 Å². The van der Waals surface area contributed by atoms with Gasteiger partial charge in [0.25, 0.3) is 11.7 Å². The Bertz CT molecular complexity index is 722. The van der Waals surface area contributed by atoms with Gasteiger partial charge >= 0.3 is 5.97 Å². The molecule has 2 aromatic heterocycles. The first-order chi connectivity index (χ1) is 9.92. The summed E-state index contributed by atoms with van der Waals surface area (Å²) in [5, 5.41) is 12.9. The molecule has 2 heterocycles. The number of fused-ring (bicyclic) bond motifs is 1. The summed E-state index contributed by atoms with van der Waals surface area (Å²) in [5.74, 6) is -1.46. The molecule has 2 rings (SSSR count). The van der Waals surface area contributed by atoms with Crippen molar-refractivity contribution in [2.75, 3.05) is 13.1 Å². The van der Waals surface area contributed by atoms with Gasteiger partial charge in [0.1, 0.15) is 6.54 Å². The first-order valence-electron chi connectivity index (χ1n) is 6.25. The SMILES string of the molecule is C=CCN(CC(=O)O)C(=O)c1nc2nc(C)cc(C)n2n1. The molecular formula is C13H15N5O3. The Labute approximate surface area is 120 Å². The molecule has 1 amide bonds. The molecule has 0 unspecified atom stereocenters. The molecule has 0 radical (unpaired) electrons. The van der Waals surface area contributed by atoms with Crippen LogP contribution in [0.4, 0.5) is 0 Å². The minimum Gasteiger partial charge on any atom is -0.480 e. The van der Waals surface area contributed by atoms with Gasteiger partial charge in [-0.05, 0) is 19.9 Å². The van der Waals surface area contributed by atoms with Gasteiger partial charge < -0.3 is 10.0 Å². The third-order valence-corrected chi connectivity index (χ3v) is 2.77. The normalized spacial score (nSPS) is 10.6. The zero-order chi connectivity index (χ0) is 15.6. The molecule has 0 aliphatic heterocycles. The summed E-state index contributed by atoms with van der Waals surface area (Å²) >= 11 is 0. The number of hydrogen-bond donors (Lipinski definition) is 1. The minimum atomic E-state index is -1.11. The number of aromatic nitrogens is 4. The molecule has 0 aliphatic carbocycles. The van der Waals surface area contributed by atoms with Gasteiger partial charge in [0, 0.05) is 17.9 Å². The Morgan fingerprint density at radius 1 is 1.43 bits per heavy atom. The topological polar surface area (TPSA) is 101 Å². The predicted molar refractivity (Wildman–Crippen MR) is 74.0 cm³/mol. The number of carbonyl (C=O) groups is 2. The lowest BCUT2D eigenvalue weighted by Crippen LogP contribution is -2.36. The van der Waals surface area contributed by atoms with Gasteiger partial charge in [-0.3, -0.25) is 9.59 Å². The van der Waals surface area contributed by atoms with Crippen molar-refractivity contribution < 1.29 is 14.7 Å². The fourth-order valence-corrected chi connectivity index (χ4v) is 1.94. The number of rotatable bonds is 5. The summed E-state index contributed by atoms with van der Waals surface area (Å²) in [4.78, 5) is 32.4. The third-order valence-electron chi connectivity index (χ3n) is 2.77. The van der Waals surface area contributed by atoms with E-state index < -0.39 is 18.4 Å². The fraction of sp³-hybridized carbons (Fsp3) is 0.308. The maximum absolute atomic E-state index is 12.3. The molecule has 0 bridgehead atoms. The van der Waals surface area contributed by atoms with E-state index in [1.165, 1.54) is 10.6 Å². The van der Waals surface area contributed by atoms with Crippen LogP contribution < -0.4 is 0 Å². The number of carboxylic acids is 1. The summed E-state index contributed by atoms with van der Waals surface area (Å²) in [7, 11) is 0. The highest BCUT2D eigenvalue weighted by Crippen LogP contribution is 2.07. The summed E-state index contributed by atoms with van der Waals surface area (Å²) < 4.78 is 1.45. The number of carbonyl (C=O) groups excluding carboxylic acids is 1. The van der Waals surface area contributed by atoms with Gasteiger partial charge in [-0.25, -0.2) is 9.50 Å². The van der Waals surface area contributed by atoms with Gasteiger partial charge in [0.15, 0.2) is 0 Å². The van der Waals surface area contributed by atoms with E-state index in [4.69, 9.17) is 5.11 Å². The first kappa shape index (κ1) is 14.6. The van der Waals surface area contributed by atoms with Crippen molar-refractivity contribution in [2.24, 2.45) is 0 Å². The van der Waals surface area contributed by atoms with E-state index in [0.717, 1.165) is 16.3 Å². The Morgan fingerprint density at radius 3 is 2.76 bits per heavy atom. The molecule has 8 heteroatoms. The van der Waals surface area contributed by atoms with E-state index in [9.17, 15) is 9.59 Å². The summed E-state index contributed by atoms with van der Waals surface area (Å²) in [6.45, 7) is 6.81. The van der Waals surface area contributed by atoms with Gasteiger partial charge in [-0.15, -0.1) is 11.7 Å². The monoisotopic (exact) mass is 289 g/mol. The number of aryl methyl sites for hydroxylation is 2. The smallest absolute Gasteiger partial charge is 0.323 e. The number of aliphatic carboxylic acids is 1. The molecule has 0 saturated heterocycles. The average molecular weight is 289 g/mol. The fourth-order valence-electron chi connectivity index (χ4n) is 1.94. The van der Waals surface area contributed by atoms with Crippen molar-refractivity contribution in [1.82, 2.24) is 24.5 Å². The second-order valence-corrected chi connectivity index (χ2v) is 4.55.